The second-order valence-corrected chi connectivity index (χ2v) is 6.48. The van der Waals surface area contributed by atoms with Crippen LogP contribution in [0, 0.1) is 0 Å². The van der Waals surface area contributed by atoms with E-state index in [0.717, 1.165) is 18.2 Å². The molecule has 1 aromatic rings. The van der Waals surface area contributed by atoms with E-state index < -0.39 is 21.2 Å². The van der Waals surface area contributed by atoms with E-state index in [2.05, 4.69) is 0 Å². The molecule has 90 valence electrons. The molecule has 2 atom stereocenters. The lowest BCUT2D eigenvalue weighted by atomic mass is 10.0. The molecule has 0 aliphatic rings. The Morgan fingerprint density at radius 2 is 2.00 bits per heavy atom. The van der Waals surface area contributed by atoms with E-state index in [0.29, 0.717) is 5.56 Å². The summed E-state index contributed by atoms with van der Waals surface area (Å²) in [6.07, 6.45) is 1.06. The maximum absolute atomic E-state index is 11.3. The predicted octanol–water partition coefficient (Wildman–Crippen LogP) is 1.72. The molecule has 0 aliphatic heterocycles. The number of rotatable bonds is 4. The highest BCUT2D eigenvalue weighted by atomic mass is 32.2. The van der Waals surface area contributed by atoms with Crippen LogP contribution in [-0.4, -0.2) is 25.0 Å². The predicted molar refractivity (Wildman–Crippen MR) is 65.1 cm³/mol. The number of aliphatic hydroxyl groups excluding tert-OH is 1. The van der Waals surface area contributed by atoms with E-state index >= 15 is 0 Å². The fourth-order valence-corrected chi connectivity index (χ4v) is 2.13. The summed E-state index contributed by atoms with van der Waals surface area (Å²) in [4.78, 5) is 0. The van der Waals surface area contributed by atoms with Gasteiger partial charge >= 0.3 is 0 Å². The molecule has 0 aromatic heterocycles. The number of hydrogen-bond donors (Lipinski definition) is 1. The largest absolute Gasteiger partial charge is 0.387 e. The molecule has 0 fully saturated rings. The number of benzene rings is 1. The first-order chi connectivity index (χ1) is 7.36. The van der Waals surface area contributed by atoms with Crippen molar-refractivity contribution < 1.29 is 13.5 Å². The molecule has 1 aromatic carbocycles. The van der Waals surface area contributed by atoms with Gasteiger partial charge in [-0.1, -0.05) is 31.2 Å². The van der Waals surface area contributed by atoms with E-state index in [-0.39, 0.29) is 0 Å². The summed E-state index contributed by atoms with van der Waals surface area (Å²) >= 11 is 0. The maximum atomic E-state index is 11.3. The van der Waals surface area contributed by atoms with E-state index in [9.17, 15) is 13.5 Å². The average Bonchev–Trinajstić information content (AvgIpc) is 2.26. The molecule has 1 rings (SSSR count). The first-order valence-corrected chi connectivity index (χ1v) is 7.27. The Bertz CT molecular complexity index is 451. The van der Waals surface area contributed by atoms with Crippen molar-refractivity contribution >= 4 is 9.84 Å². The molecule has 2 unspecified atom stereocenters. The van der Waals surface area contributed by atoms with Crippen LogP contribution in [0.5, 0.6) is 0 Å². The van der Waals surface area contributed by atoms with Crippen LogP contribution < -0.4 is 0 Å². The molecule has 3 nitrogen and oxygen atoms in total. The molecule has 0 bridgehead atoms. The van der Waals surface area contributed by atoms with Crippen molar-refractivity contribution in [1.82, 2.24) is 0 Å². The highest BCUT2D eigenvalue weighted by Crippen LogP contribution is 2.22. The number of sulfone groups is 1. The molecular formula is C12H18O3S. The molecule has 4 heteroatoms. The summed E-state index contributed by atoms with van der Waals surface area (Å²) in [6, 6.07) is 7.41. The fourth-order valence-electron chi connectivity index (χ4n) is 1.50. The van der Waals surface area contributed by atoms with Crippen LogP contribution in [0.2, 0.25) is 0 Å². The zero-order valence-electron chi connectivity index (χ0n) is 9.84. The average molecular weight is 242 g/mol. The highest BCUT2D eigenvalue weighted by Gasteiger charge is 2.25. The topological polar surface area (TPSA) is 54.4 Å². The lowest BCUT2D eigenvalue weighted by Gasteiger charge is -2.18. The first-order valence-electron chi connectivity index (χ1n) is 5.32. The summed E-state index contributed by atoms with van der Waals surface area (Å²) in [5.41, 5.74) is 1.76. The van der Waals surface area contributed by atoms with Crippen LogP contribution in [0.3, 0.4) is 0 Å². The first kappa shape index (κ1) is 13.2. The molecule has 0 saturated carbocycles. The second-order valence-electron chi connectivity index (χ2n) is 4.08. The van der Waals surface area contributed by atoms with E-state index in [1.807, 2.05) is 25.1 Å². The smallest absolute Gasteiger partial charge is 0.152 e. The lowest BCUT2D eigenvalue weighted by Crippen LogP contribution is -2.24. The summed E-state index contributed by atoms with van der Waals surface area (Å²) in [5.74, 6) is 0. The summed E-state index contributed by atoms with van der Waals surface area (Å²) < 4.78 is 22.7. The van der Waals surface area contributed by atoms with E-state index in [1.54, 1.807) is 6.07 Å². The van der Waals surface area contributed by atoms with Gasteiger partial charge < -0.3 is 5.11 Å². The van der Waals surface area contributed by atoms with Gasteiger partial charge in [0, 0.05) is 6.26 Å². The van der Waals surface area contributed by atoms with E-state index in [4.69, 9.17) is 0 Å². The van der Waals surface area contributed by atoms with Crippen LogP contribution in [0.1, 0.15) is 31.1 Å². The summed E-state index contributed by atoms with van der Waals surface area (Å²) in [7, 11) is -3.22. The minimum absolute atomic E-state index is 0.664. The number of hydrogen-bond acceptors (Lipinski definition) is 3. The Balaban J connectivity index is 3.00. The van der Waals surface area contributed by atoms with Gasteiger partial charge in [0.05, 0.1) is 11.4 Å². The van der Waals surface area contributed by atoms with Crippen molar-refractivity contribution in [2.45, 2.75) is 31.6 Å². The van der Waals surface area contributed by atoms with Gasteiger partial charge in [0.25, 0.3) is 0 Å². The third-order valence-electron chi connectivity index (χ3n) is 2.82. The van der Waals surface area contributed by atoms with Crippen LogP contribution in [0.25, 0.3) is 0 Å². The highest BCUT2D eigenvalue weighted by molar-refractivity contribution is 7.91. The Labute approximate surface area is 97.0 Å². The fraction of sp³-hybridized carbons (Fsp3) is 0.500. The summed E-state index contributed by atoms with van der Waals surface area (Å²) in [5, 5.41) is 9.19. The standard InChI is InChI=1S/C12H18O3S/c1-4-10-6-5-7-11(8-10)12(13)9(2)16(3,14)15/h5-9,12-13H,4H2,1-3H3. The summed E-state index contributed by atoms with van der Waals surface area (Å²) in [6.45, 7) is 3.55. The van der Waals surface area contributed by atoms with Gasteiger partial charge in [0.1, 0.15) is 0 Å². The molecule has 0 spiro atoms. The monoisotopic (exact) mass is 242 g/mol. The van der Waals surface area contributed by atoms with Crippen molar-refractivity contribution in [3.63, 3.8) is 0 Å². The van der Waals surface area contributed by atoms with Crippen LogP contribution in [-0.2, 0) is 16.3 Å². The van der Waals surface area contributed by atoms with Gasteiger partial charge in [-0.25, -0.2) is 8.42 Å². The normalized spacial score (nSPS) is 15.8. The van der Waals surface area contributed by atoms with Crippen molar-refractivity contribution in [2.75, 3.05) is 6.26 Å². The Morgan fingerprint density at radius 3 is 2.50 bits per heavy atom. The molecule has 0 amide bonds. The molecular weight excluding hydrogens is 224 g/mol. The zero-order valence-corrected chi connectivity index (χ0v) is 10.7. The van der Waals surface area contributed by atoms with Gasteiger partial charge in [-0.15, -0.1) is 0 Å². The van der Waals surface area contributed by atoms with Gasteiger partial charge in [0.15, 0.2) is 9.84 Å². The number of aryl methyl sites for hydroxylation is 1. The molecule has 16 heavy (non-hydrogen) atoms. The maximum Gasteiger partial charge on any atom is 0.152 e. The Morgan fingerprint density at radius 1 is 1.38 bits per heavy atom. The van der Waals surface area contributed by atoms with Crippen LogP contribution in [0.15, 0.2) is 24.3 Å². The SMILES string of the molecule is CCc1cccc(C(O)C(C)S(C)(=O)=O)c1. The van der Waals surface area contributed by atoms with Crippen molar-refractivity contribution in [3.05, 3.63) is 35.4 Å². The third-order valence-corrected chi connectivity index (χ3v) is 4.43. The molecule has 0 heterocycles. The number of aliphatic hydroxyl groups is 1. The molecule has 0 radical (unpaired) electrons. The molecule has 1 N–H and O–H groups in total. The van der Waals surface area contributed by atoms with E-state index in [1.165, 1.54) is 6.92 Å². The van der Waals surface area contributed by atoms with Gasteiger partial charge in [-0.3, -0.25) is 0 Å². The van der Waals surface area contributed by atoms with Crippen molar-refractivity contribution in [1.29, 1.82) is 0 Å². The molecule has 0 aliphatic carbocycles. The minimum atomic E-state index is -3.22. The second kappa shape index (κ2) is 4.97. The molecule has 0 saturated heterocycles. The minimum Gasteiger partial charge on any atom is -0.387 e. The van der Waals surface area contributed by atoms with Gasteiger partial charge in [-0.05, 0) is 24.5 Å². The Hall–Kier alpha value is -0.870. The Kier molecular flexibility index (Phi) is 4.10. The van der Waals surface area contributed by atoms with Gasteiger partial charge in [-0.2, -0.15) is 0 Å². The van der Waals surface area contributed by atoms with Crippen molar-refractivity contribution in [3.8, 4) is 0 Å². The zero-order chi connectivity index (χ0) is 12.3. The van der Waals surface area contributed by atoms with Crippen molar-refractivity contribution in [2.24, 2.45) is 0 Å². The lowest BCUT2D eigenvalue weighted by molar-refractivity contribution is 0.176. The van der Waals surface area contributed by atoms with Crippen LogP contribution >= 0.6 is 0 Å². The third kappa shape index (κ3) is 3.06. The van der Waals surface area contributed by atoms with Crippen LogP contribution in [0.4, 0.5) is 0 Å². The van der Waals surface area contributed by atoms with Gasteiger partial charge in [0.2, 0.25) is 0 Å². The quantitative estimate of drug-likeness (QED) is 0.874.